The molecule has 0 aliphatic carbocycles. The molecule has 1 aromatic rings. The maximum absolute atomic E-state index is 13.4. The summed E-state index contributed by atoms with van der Waals surface area (Å²) in [5, 5.41) is 0. The van der Waals surface area contributed by atoms with Crippen LogP contribution in [-0.2, 0) is 4.43 Å². The lowest BCUT2D eigenvalue weighted by molar-refractivity contribution is -0.201. The Hall–Kier alpha value is -0.403. The van der Waals surface area contributed by atoms with Crippen molar-refractivity contribution in [2.45, 2.75) is 52.2 Å². The molecule has 0 bridgehead atoms. The van der Waals surface area contributed by atoms with E-state index in [1.165, 1.54) is 18.3 Å². The normalized spacial score (nSPS) is 15.1. The fourth-order valence-corrected chi connectivity index (χ4v) is 6.47. The van der Waals surface area contributed by atoms with Gasteiger partial charge in [-0.25, -0.2) is 4.98 Å². The summed E-state index contributed by atoms with van der Waals surface area (Å²) < 4.78 is 46.0. The van der Waals surface area contributed by atoms with E-state index in [0.717, 1.165) is 0 Å². The van der Waals surface area contributed by atoms with Crippen molar-refractivity contribution >= 4 is 24.2 Å². The van der Waals surface area contributed by atoms with Crippen LogP contribution in [-0.4, -0.2) is 19.5 Å². The van der Waals surface area contributed by atoms with Crippen LogP contribution in [0.15, 0.2) is 22.9 Å². The van der Waals surface area contributed by atoms with Crippen molar-refractivity contribution in [2.75, 3.05) is 0 Å². The van der Waals surface area contributed by atoms with Gasteiger partial charge in [0, 0.05) is 6.20 Å². The van der Waals surface area contributed by atoms with Gasteiger partial charge in [-0.15, -0.1) is 0 Å². The van der Waals surface area contributed by atoms with Gasteiger partial charge in [-0.2, -0.15) is 13.2 Å². The molecular formula is C14H21BrF3NOSi. The number of alkyl halides is 3. The van der Waals surface area contributed by atoms with Crippen LogP contribution in [0.2, 0.25) is 19.1 Å². The maximum atomic E-state index is 13.4. The molecule has 0 saturated carbocycles. The average molecular weight is 384 g/mol. The predicted molar refractivity (Wildman–Crippen MR) is 83.6 cm³/mol. The van der Waals surface area contributed by atoms with E-state index in [9.17, 15) is 13.2 Å². The second-order valence-corrected chi connectivity index (χ2v) is 11.9. The zero-order valence-electron chi connectivity index (χ0n) is 12.9. The fraction of sp³-hybridized carbons (Fsp3) is 0.643. The Labute approximate surface area is 133 Å². The monoisotopic (exact) mass is 383 g/mol. The lowest BCUT2D eigenvalue weighted by Gasteiger charge is -2.35. The van der Waals surface area contributed by atoms with Gasteiger partial charge in [0.25, 0.3) is 0 Å². The highest BCUT2D eigenvalue weighted by Gasteiger charge is 2.46. The summed E-state index contributed by atoms with van der Waals surface area (Å²) in [4.78, 5) is 3.87. The SMILES string of the molecule is CC(C)(C)C[Si](C)(C)OC(c1ccnc(Br)c1)C(F)(F)F. The molecule has 0 amide bonds. The number of aromatic nitrogens is 1. The molecule has 0 radical (unpaired) electrons. The van der Waals surface area contributed by atoms with E-state index >= 15 is 0 Å². The molecule has 1 rings (SSSR count). The van der Waals surface area contributed by atoms with E-state index in [2.05, 4.69) is 20.9 Å². The standard InChI is InChI=1S/C14H21BrF3NOSi/c1-13(2,3)9-21(4,5)20-12(14(16,17)18)10-6-7-19-11(15)8-10/h6-8,12H,9H2,1-5H3. The second-order valence-electron chi connectivity index (χ2n) is 6.95. The van der Waals surface area contributed by atoms with Gasteiger partial charge in [-0.3, -0.25) is 0 Å². The van der Waals surface area contributed by atoms with Gasteiger partial charge in [0.15, 0.2) is 14.4 Å². The molecule has 1 atom stereocenters. The largest absolute Gasteiger partial charge is 0.417 e. The maximum Gasteiger partial charge on any atom is 0.417 e. The van der Waals surface area contributed by atoms with Crippen molar-refractivity contribution in [3.63, 3.8) is 0 Å². The van der Waals surface area contributed by atoms with E-state index in [0.29, 0.717) is 10.6 Å². The number of halogens is 4. The smallest absolute Gasteiger partial charge is 0.402 e. The minimum absolute atomic E-state index is 0.0648. The van der Waals surface area contributed by atoms with Crippen molar-refractivity contribution in [3.8, 4) is 0 Å². The first-order valence-electron chi connectivity index (χ1n) is 6.66. The summed E-state index contributed by atoms with van der Waals surface area (Å²) in [5.41, 5.74) is 0.0175. The Kier molecular flexibility index (Phi) is 5.66. The molecule has 0 spiro atoms. The van der Waals surface area contributed by atoms with E-state index in [4.69, 9.17) is 4.43 Å². The van der Waals surface area contributed by atoms with Gasteiger partial charge in [-0.05, 0) is 58.2 Å². The predicted octanol–water partition coefficient (Wildman–Crippen LogP) is 5.72. The molecule has 0 N–H and O–H groups in total. The molecule has 1 unspecified atom stereocenters. The van der Waals surface area contributed by atoms with Crippen molar-refractivity contribution < 1.29 is 17.6 Å². The van der Waals surface area contributed by atoms with Crippen molar-refractivity contribution in [1.82, 2.24) is 4.98 Å². The van der Waals surface area contributed by atoms with Gasteiger partial charge in [-0.1, -0.05) is 20.8 Å². The third-order valence-corrected chi connectivity index (χ3v) is 5.96. The Balaban J connectivity index is 3.06. The zero-order chi connectivity index (χ0) is 16.5. The van der Waals surface area contributed by atoms with Crippen molar-refractivity contribution in [1.29, 1.82) is 0 Å². The minimum Gasteiger partial charge on any atom is -0.402 e. The highest BCUT2D eigenvalue weighted by molar-refractivity contribution is 9.10. The lowest BCUT2D eigenvalue weighted by Crippen LogP contribution is -2.40. The summed E-state index contributed by atoms with van der Waals surface area (Å²) in [6, 6.07) is 3.36. The number of nitrogens with zero attached hydrogens (tertiary/aromatic N) is 1. The molecule has 7 heteroatoms. The van der Waals surface area contributed by atoms with E-state index in [1.54, 1.807) is 0 Å². The van der Waals surface area contributed by atoms with Crippen LogP contribution >= 0.6 is 15.9 Å². The third-order valence-electron chi connectivity index (χ3n) is 2.74. The van der Waals surface area contributed by atoms with E-state index < -0.39 is 20.6 Å². The van der Waals surface area contributed by atoms with Crippen LogP contribution in [0.25, 0.3) is 0 Å². The highest BCUT2D eigenvalue weighted by atomic mass is 79.9. The van der Waals surface area contributed by atoms with Crippen molar-refractivity contribution in [2.24, 2.45) is 5.41 Å². The van der Waals surface area contributed by atoms with Gasteiger partial charge in [0.1, 0.15) is 4.60 Å². The highest BCUT2D eigenvalue weighted by Crippen LogP contribution is 2.40. The van der Waals surface area contributed by atoms with Crippen LogP contribution in [0.4, 0.5) is 13.2 Å². The van der Waals surface area contributed by atoms with Gasteiger partial charge >= 0.3 is 6.18 Å². The molecule has 0 aromatic carbocycles. The first-order valence-corrected chi connectivity index (χ1v) is 10.6. The van der Waals surface area contributed by atoms with Gasteiger partial charge in [0.05, 0.1) is 0 Å². The molecule has 0 aliphatic rings. The fourth-order valence-electron chi connectivity index (χ4n) is 2.54. The quantitative estimate of drug-likeness (QED) is 0.490. The van der Waals surface area contributed by atoms with Crippen LogP contribution in [0, 0.1) is 5.41 Å². The topological polar surface area (TPSA) is 22.1 Å². The Bertz CT molecular complexity index is 486. The second kappa shape index (κ2) is 6.38. The Morgan fingerprint density at radius 1 is 1.29 bits per heavy atom. The molecular weight excluding hydrogens is 363 g/mol. The molecule has 1 heterocycles. The lowest BCUT2D eigenvalue weighted by atomic mass is 10.0. The summed E-state index contributed by atoms with van der Waals surface area (Å²) >= 11 is 3.10. The molecule has 21 heavy (non-hydrogen) atoms. The number of hydrogen-bond acceptors (Lipinski definition) is 2. The molecule has 1 aromatic heterocycles. The number of rotatable bonds is 4. The Morgan fingerprint density at radius 2 is 1.86 bits per heavy atom. The summed E-state index contributed by atoms with van der Waals surface area (Å²) in [7, 11) is -2.47. The summed E-state index contributed by atoms with van der Waals surface area (Å²) in [5.74, 6) is 0. The number of hydrogen-bond donors (Lipinski definition) is 0. The first kappa shape index (κ1) is 18.6. The third kappa shape index (κ3) is 6.48. The molecule has 0 aliphatic heterocycles. The molecule has 2 nitrogen and oxygen atoms in total. The van der Waals surface area contributed by atoms with Gasteiger partial charge < -0.3 is 4.43 Å². The van der Waals surface area contributed by atoms with Crippen LogP contribution in [0.3, 0.4) is 0 Å². The van der Waals surface area contributed by atoms with Crippen LogP contribution in [0.1, 0.15) is 32.4 Å². The Morgan fingerprint density at radius 3 is 2.29 bits per heavy atom. The summed E-state index contributed by atoms with van der Waals surface area (Å²) in [6.45, 7) is 9.69. The molecule has 120 valence electrons. The first-order chi connectivity index (χ1) is 9.30. The summed E-state index contributed by atoms with van der Waals surface area (Å²) in [6.07, 6.45) is -5.00. The average Bonchev–Trinajstić information content (AvgIpc) is 2.21. The van der Waals surface area contributed by atoms with E-state index in [-0.39, 0.29) is 11.0 Å². The van der Waals surface area contributed by atoms with Gasteiger partial charge in [0.2, 0.25) is 0 Å². The zero-order valence-corrected chi connectivity index (χ0v) is 15.5. The van der Waals surface area contributed by atoms with Crippen LogP contribution < -0.4 is 0 Å². The minimum atomic E-state index is -4.44. The van der Waals surface area contributed by atoms with E-state index in [1.807, 2.05) is 33.9 Å². The molecule has 0 fully saturated rings. The number of pyridine rings is 1. The molecule has 0 saturated heterocycles. The van der Waals surface area contributed by atoms with Crippen molar-refractivity contribution in [3.05, 3.63) is 28.5 Å². The van der Waals surface area contributed by atoms with Crippen LogP contribution in [0.5, 0.6) is 0 Å².